The van der Waals surface area contributed by atoms with E-state index in [-0.39, 0.29) is 5.43 Å². The van der Waals surface area contributed by atoms with Gasteiger partial charge in [0.2, 0.25) is 0 Å². The van der Waals surface area contributed by atoms with Gasteiger partial charge < -0.3 is 14.7 Å². The Morgan fingerprint density at radius 2 is 2.19 bits per heavy atom. The van der Waals surface area contributed by atoms with Gasteiger partial charge in [0.25, 0.3) is 0 Å². The first-order valence-corrected chi connectivity index (χ1v) is 6.71. The third-order valence-electron chi connectivity index (χ3n) is 2.97. The van der Waals surface area contributed by atoms with E-state index in [9.17, 15) is 4.79 Å². The van der Waals surface area contributed by atoms with Crippen molar-refractivity contribution in [2.45, 2.75) is 20.3 Å². The molecule has 2 rings (SSSR count). The molecule has 0 unspecified atom stereocenters. The van der Waals surface area contributed by atoms with E-state index in [2.05, 4.69) is 15.0 Å². The zero-order valence-corrected chi connectivity index (χ0v) is 12.4. The van der Waals surface area contributed by atoms with Gasteiger partial charge in [-0.1, -0.05) is 11.6 Å². The molecule has 2 N–H and O–H groups in total. The topological polar surface area (TPSA) is 70.8 Å². The summed E-state index contributed by atoms with van der Waals surface area (Å²) in [6, 6.07) is 1.57. The van der Waals surface area contributed by atoms with Crippen LogP contribution in [-0.2, 0) is 6.42 Å². The lowest BCUT2D eigenvalue weighted by Gasteiger charge is -2.07. The summed E-state index contributed by atoms with van der Waals surface area (Å²) in [4.78, 5) is 22.4. The Morgan fingerprint density at radius 3 is 2.81 bits per heavy atom. The van der Waals surface area contributed by atoms with Crippen molar-refractivity contribution in [2.24, 2.45) is 0 Å². The van der Waals surface area contributed by atoms with Crippen LogP contribution in [0, 0.1) is 0 Å². The number of hydrogen-bond donors (Lipinski definition) is 2. The van der Waals surface area contributed by atoms with Gasteiger partial charge in [-0.2, -0.15) is 0 Å². The number of nitrogens with zero attached hydrogens (tertiary/aromatic N) is 1. The molecule has 0 radical (unpaired) electrons. The number of allylic oxidation sites excluding steroid dienone is 2. The number of ether oxygens (including phenoxy) is 1. The predicted molar refractivity (Wildman–Crippen MR) is 84.3 cm³/mol. The lowest BCUT2D eigenvalue weighted by molar-refractivity contribution is 0.392. The molecule has 21 heavy (non-hydrogen) atoms. The fraction of sp³-hybridized carbons (Fsp3) is 0.250. The standard InChI is InChI=1S/C16H19N3O2/c1-11(2)4-6-13-14(20)10-12(19-16(13)21-3)5-7-15-17-8-9-18-15/h4-5,7-10H,6H2,1-3H3,(H,17,18)(H,19,20)/b7-5+. The number of methoxy groups -OCH3 is 1. The molecule has 0 saturated carbocycles. The van der Waals surface area contributed by atoms with Gasteiger partial charge in [-0.25, -0.2) is 4.98 Å². The Hall–Kier alpha value is -2.56. The van der Waals surface area contributed by atoms with Crippen LogP contribution in [0.4, 0.5) is 0 Å². The Bertz CT molecular complexity index is 706. The number of imidazole rings is 1. The van der Waals surface area contributed by atoms with E-state index in [1.807, 2.05) is 19.9 Å². The van der Waals surface area contributed by atoms with Crippen molar-refractivity contribution in [1.82, 2.24) is 15.0 Å². The molecule has 0 atom stereocenters. The number of aromatic nitrogens is 3. The van der Waals surface area contributed by atoms with Gasteiger partial charge in [-0.3, -0.25) is 4.79 Å². The molecule has 0 aliphatic rings. The third kappa shape index (κ3) is 3.95. The average Bonchev–Trinajstić information content (AvgIpc) is 2.96. The molecule has 0 aliphatic heterocycles. The molecule has 0 bridgehead atoms. The fourth-order valence-electron chi connectivity index (χ4n) is 1.88. The Balaban J connectivity index is 2.32. The minimum absolute atomic E-state index is 0.0396. The maximum Gasteiger partial charge on any atom is 0.198 e. The monoisotopic (exact) mass is 285 g/mol. The van der Waals surface area contributed by atoms with Crippen molar-refractivity contribution in [3.05, 3.63) is 57.4 Å². The van der Waals surface area contributed by atoms with Crippen molar-refractivity contribution in [2.75, 3.05) is 7.11 Å². The molecule has 0 spiro atoms. The van der Waals surface area contributed by atoms with Crippen LogP contribution in [0.5, 0.6) is 5.88 Å². The molecule has 5 heteroatoms. The summed E-state index contributed by atoms with van der Waals surface area (Å²) in [6.45, 7) is 4.00. The summed E-state index contributed by atoms with van der Waals surface area (Å²) in [7, 11) is 1.55. The third-order valence-corrected chi connectivity index (χ3v) is 2.97. The Morgan fingerprint density at radius 1 is 1.38 bits per heavy atom. The van der Waals surface area contributed by atoms with Gasteiger partial charge in [0.15, 0.2) is 11.3 Å². The lowest BCUT2D eigenvalue weighted by Crippen LogP contribution is -2.12. The SMILES string of the molecule is COc1[nH]c(/C=C/c2ncc[nH]2)cc(=O)c1CC=C(C)C. The molecule has 0 saturated heterocycles. The van der Waals surface area contributed by atoms with E-state index in [4.69, 9.17) is 4.74 Å². The van der Waals surface area contributed by atoms with Crippen LogP contribution in [0.2, 0.25) is 0 Å². The van der Waals surface area contributed by atoms with Gasteiger partial charge in [-0.05, 0) is 32.4 Å². The van der Waals surface area contributed by atoms with Crippen molar-refractivity contribution in [3.63, 3.8) is 0 Å². The molecule has 2 aromatic heterocycles. The van der Waals surface area contributed by atoms with Crippen molar-refractivity contribution in [3.8, 4) is 5.88 Å². The number of pyridine rings is 1. The van der Waals surface area contributed by atoms with Gasteiger partial charge in [0.05, 0.1) is 12.7 Å². The van der Waals surface area contributed by atoms with Crippen LogP contribution < -0.4 is 10.2 Å². The highest BCUT2D eigenvalue weighted by atomic mass is 16.5. The smallest absolute Gasteiger partial charge is 0.198 e. The van der Waals surface area contributed by atoms with Crippen molar-refractivity contribution in [1.29, 1.82) is 0 Å². The summed E-state index contributed by atoms with van der Waals surface area (Å²) < 4.78 is 5.29. The molecular weight excluding hydrogens is 266 g/mol. The second-order valence-corrected chi connectivity index (χ2v) is 4.89. The number of rotatable bonds is 5. The summed E-state index contributed by atoms with van der Waals surface area (Å²) >= 11 is 0. The molecule has 5 nitrogen and oxygen atoms in total. The first kappa shape index (κ1) is 14.8. The van der Waals surface area contributed by atoms with Crippen LogP contribution in [0.25, 0.3) is 12.2 Å². The largest absolute Gasteiger partial charge is 0.482 e. The highest BCUT2D eigenvalue weighted by molar-refractivity contribution is 5.65. The Kier molecular flexibility index (Phi) is 4.77. The van der Waals surface area contributed by atoms with Crippen LogP contribution >= 0.6 is 0 Å². The predicted octanol–water partition coefficient (Wildman–Crippen LogP) is 2.79. The Labute approximate surface area is 123 Å². The lowest BCUT2D eigenvalue weighted by atomic mass is 10.1. The van der Waals surface area contributed by atoms with E-state index in [0.29, 0.717) is 23.6 Å². The number of nitrogens with one attached hydrogen (secondary N) is 2. The molecule has 0 aromatic carbocycles. The first-order valence-electron chi connectivity index (χ1n) is 6.71. The second-order valence-electron chi connectivity index (χ2n) is 4.89. The molecule has 0 fully saturated rings. The van der Waals surface area contributed by atoms with E-state index in [1.54, 1.807) is 37.7 Å². The molecule has 2 heterocycles. The zero-order chi connectivity index (χ0) is 15.2. The average molecular weight is 285 g/mol. The van der Waals surface area contributed by atoms with E-state index < -0.39 is 0 Å². The number of H-pyrrole nitrogens is 2. The second kappa shape index (κ2) is 6.74. The summed E-state index contributed by atoms with van der Waals surface area (Å²) in [5.41, 5.74) is 2.43. The molecule has 0 amide bonds. The van der Waals surface area contributed by atoms with Crippen LogP contribution in [0.15, 0.2) is 34.9 Å². The molecular formula is C16H19N3O2. The minimum atomic E-state index is -0.0396. The van der Waals surface area contributed by atoms with E-state index in [0.717, 1.165) is 5.82 Å². The summed E-state index contributed by atoms with van der Waals surface area (Å²) in [6.07, 6.45) is 9.55. The summed E-state index contributed by atoms with van der Waals surface area (Å²) in [5.74, 6) is 1.22. The quantitative estimate of drug-likeness (QED) is 0.830. The maximum absolute atomic E-state index is 12.2. The van der Waals surface area contributed by atoms with Crippen molar-refractivity contribution < 1.29 is 4.74 Å². The minimum Gasteiger partial charge on any atom is -0.482 e. The summed E-state index contributed by atoms with van der Waals surface area (Å²) in [5, 5.41) is 0. The fourth-order valence-corrected chi connectivity index (χ4v) is 1.88. The van der Waals surface area contributed by atoms with Crippen LogP contribution in [0.3, 0.4) is 0 Å². The van der Waals surface area contributed by atoms with Gasteiger partial charge >= 0.3 is 0 Å². The van der Waals surface area contributed by atoms with E-state index >= 15 is 0 Å². The highest BCUT2D eigenvalue weighted by Gasteiger charge is 2.08. The van der Waals surface area contributed by atoms with Crippen molar-refractivity contribution >= 4 is 12.2 Å². The molecule has 2 aromatic rings. The maximum atomic E-state index is 12.2. The first-order chi connectivity index (χ1) is 10.1. The number of aromatic amines is 2. The highest BCUT2D eigenvalue weighted by Crippen LogP contribution is 2.14. The van der Waals surface area contributed by atoms with Crippen LogP contribution in [-0.4, -0.2) is 22.1 Å². The van der Waals surface area contributed by atoms with Gasteiger partial charge in [0, 0.05) is 24.2 Å². The number of hydrogen-bond acceptors (Lipinski definition) is 3. The van der Waals surface area contributed by atoms with Gasteiger partial charge in [-0.15, -0.1) is 0 Å². The zero-order valence-electron chi connectivity index (χ0n) is 12.4. The van der Waals surface area contributed by atoms with E-state index in [1.165, 1.54) is 5.57 Å². The molecule has 0 aliphatic carbocycles. The van der Waals surface area contributed by atoms with Crippen LogP contribution in [0.1, 0.15) is 30.9 Å². The normalized spacial score (nSPS) is 10.8. The van der Waals surface area contributed by atoms with Gasteiger partial charge in [0.1, 0.15) is 5.82 Å². The molecule has 110 valence electrons.